The Morgan fingerprint density at radius 1 is 1.19 bits per heavy atom. The fourth-order valence-corrected chi connectivity index (χ4v) is 2.89. The van der Waals surface area contributed by atoms with Gasteiger partial charge < -0.3 is 19.2 Å². The lowest BCUT2D eigenvalue weighted by atomic mass is 10.3. The number of benzene rings is 1. The molecule has 3 rings (SSSR count). The monoisotopic (exact) mass is 386 g/mol. The third-order valence-electron chi connectivity index (χ3n) is 4.11. The quantitative estimate of drug-likeness (QED) is 0.551. The predicted molar refractivity (Wildman–Crippen MR) is 106 cm³/mol. The van der Waals surface area contributed by atoms with Gasteiger partial charge in [0.25, 0.3) is 5.91 Å². The summed E-state index contributed by atoms with van der Waals surface area (Å²) in [7, 11) is 1.62. The minimum absolute atomic E-state index is 0.124. The molecule has 6 nitrogen and oxygen atoms in total. The molecule has 0 radical (unpaired) electrons. The van der Waals surface area contributed by atoms with Crippen LogP contribution in [0, 0.1) is 0 Å². The third kappa shape index (κ3) is 4.68. The Morgan fingerprint density at radius 2 is 1.93 bits per heavy atom. The minimum Gasteiger partial charge on any atom is -0.497 e. The number of carbonyl (C=O) groups excluding carboxylic acids is 1. The summed E-state index contributed by atoms with van der Waals surface area (Å²) in [5.41, 5.74) is 0.424. The second-order valence-corrected chi connectivity index (χ2v) is 6.45. The lowest BCUT2D eigenvalue weighted by Gasteiger charge is -2.12. The van der Waals surface area contributed by atoms with Crippen LogP contribution in [-0.4, -0.2) is 29.6 Å². The molecule has 0 spiro atoms. The Labute approximate surface area is 163 Å². The summed E-state index contributed by atoms with van der Waals surface area (Å²) in [5.74, 6) is 2.60. The van der Waals surface area contributed by atoms with Crippen LogP contribution in [0.1, 0.15) is 31.3 Å². The maximum absolute atomic E-state index is 12.4. The Balaban J connectivity index is 1.61. The molecule has 1 saturated heterocycles. The molecule has 1 amide bonds. The molecule has 7 heteroatoms. The summed E-state index contributed by atoms with van der Waals surface area (Å²) in [6, 6.07) is 10.9. The molecule has 27 heavy (non-hydrogen) atoms. The summed E-state index contributed by atoms with van der Waals surface area (Å²) in [5, 5.41) is 3.39. The van der Waals surface area contributed by atoms with Gasteiger partial charge in [-0.1, -0.05) is 13.3 Å². The molecule has 0 bridgehead atoms. The molecule has 2 aromatic rings. The van der Waals surface area contributed by atoms with E-state index in [2.05, 4.69) is 12.2 Å². The standard InChI is InChI=1S/C20H22N2O4S/c1-3-4-11-22-19(23)18(21-20(22)27)12-16-9-10-17(26-16)13-25-15-7-5-14(24-2)6-8-15/h5-10,12H,3-4,11,13H2,1-2H3,(H,21,27)/b18-12+. The van der Waals surface area contributed by atoms with Crippen LogP contribution >= 0.6 is 12.2 Å². The van der Waals surface area contributed by atoms with Crippen LogP contribution in [0.5, 0.6) is 11.5 Å². The van der Waals surface area contributed by atoms with Crippen molar-refractivity contribution in [3.05, 3.63) is 53.6 Å². The average Bonchev–Trinajstić information content (AvgIpc) is 3.23. The van der Waals surface area contributed by atoms with Gasteiger partial charge in [0.2, 0.25) is 0 Å². The Hall–Kier alpha value is -2.80. The Kier molecular flexibility index (Phi) is 6.13. The molecule has 0 saturated carbocycles. The van der Waals surface area contributed by atoms with E-state index in [0.29, 0.717) is 28.9 Å². The van der Waals surface area contributed by atoms with Crippen LogP contribution in [0.3, 0.4) is 0 Å². The van der Waals surface area contributed by atoms with Crippen molar-refractivity contribution in [1.29, 1.82) is 0 Å². The molecule has 1 fully saturated rings. The zero-order valence-corrected chi connectivity index (χ0v) is 16.2. The van der Waals surface area contributed by atoms with Gasteiger partial charge in [-0.15, -0.1) is 0 Å². The highest BCUT2D eigenvalue weighted by Gasteiger charge is 2.30. The number of nitrogens with one attached hydrogen (secondary N) is 1. The summed E-state index contributed by atoms with van der Waals surface area (Å²) in [6.07, 6.45) is 3.58. The first kappa shape index (κ1) is 19.0. The molecule has 1 aromatic carbocycles. The second-order valence-electron chi connectivity index (χ2n) is 6.07. The van der Waals surface area contributed by atoms with E-state index in [1.807, 2.05) is 30.3 Å². The minimum atomic E-state index is -0.124. The second kappa shape index (κ2) is 8.73. The largest absolute Gasteiger partial charge is 0.497 e. The number of ether oxygens (including phenoxy) is 2. The topological polar surface area (TPSA) is 63.9 Å². The van der Waals surface area contributed by atoms with E-state index in [0.717, 1.165) is 24.3 Å². The van der Waals surface area contributed by atoms with Crippen molar-refractivity contribution in [2.75, 3.05) is 13.7 Å². The van der Waals surface area contributed by atoms with Crippen LogP contribution in [0.4, 0.5) is 0 Å². The van der Waals surface area contributed by atoms with E-state index in [9.17, 15) is 4.79 Å². The van der Waals surface area contributed by atoms with Crippen molar-refractivity contribution in [2.45, 2.75) is 26.4 Å². The summed E-state index contributed by atoms with van der Waals surface area (Å²) >= 11 is 5.24. The molecule has 142 valence electrons. The van der Waals surface area contributed by atoms with Gasteiger partial charge in [0.1, 0.15) is 35.3 Å². The number of methoxy groups -OCH3 is 1. The predicted octanol–water partition coefficient (Wildman–Crippen LogP) is 3.72. The van der Waals surface area contributed by atoms with E-state index < -0.39 is 0 Å². The van der Waals surface area contributed by atoms with Crippen molar-refractivity contribution in [1.82, 2.24) is 10.2 Å². The molecular weight excluding hydrogens is 364 g/mol. The highest BCUT2D eigenvalue weighted by molar-refractivity contribution is 7.80. The molecule has 1 aliphatic rings. The van der Waals surface area contributed by atoms with Gasteiger partial charge in [0, 0.05) is 12.6 Å². The number of hydrogen-bond acceptors (Lipinski definition) is 5. The number of nitrogens with zero attached hydrogens (tertiary/aromatic N) is 1. The fourth-order valence-electron chi connectivity index (χ4n) is 2.61. The zero-order chi connectivity index (χ0) is 19.2. The van der Waals surface area contributed by atoms with Crippen LogP contribution < -0.4 is 14.8 Å². The first-order valence-electron chi connectivity index (χ1n) is 8.81. The van der Waals surface area contributed by atoms with Crippen molar-refractivity contribution >= 4 is 29.3 Å². The number of rotatable bonds is 8. The first-order valence-corrected chi connectivity index (χ1v) is 9.21. The van der Waals surface area contributed by atoms with Crippen molar-refractivity contribution in [2.24, 2.45) is 0 Å². The molecule has 1 aromatic heterocycles. The van der Waals surface area contributed by atoms with Gasteiger partial charge >= 0.3 is 0 Å². The van der Waals surface area contributed by atoms with E-state index >= 15 is 0 Å². The van der Waals surface area contributed by atoms with Crippen LogP contribution in [0.2, 0.25) is 0 Å². The van der Waals surface area contributed by atoms with E-state index in [1.165, 1.54) is 0 Å². The van der Waals surface area contributed by atoms with Gasteiger partial charge in [0.05, 0.1) is 7.11 Å². The normalized spacial score (nSPS) is 15.3. The van der Waals surface area contributed by atoms with E-state index in [1.54, 1.807) is 24.2 Å². The summed E-state index contributed by atoms with van der Waals surface area (Å²) in [4.78, 5) is 14.0. The van der Waals surface area contributed by atoms with Gasteiger partial charge in [0.15, 0.2) is 5.11 Å². The van der Waals surface area contributed by atoms with Gasteiger partial charge in [-0.25, -0.2) is 0 Å². The molecule has 1 aliphatic heterocycles. The number of furan rings is 1. The zero-order valence-electron chi connectivity index (χ0n) is 15.4. The van der Waals surface area contributed by atoms with Crippen LogP contribution in [0.25, 0.3) is 6.08 Å². The van der Waals surface area contributed by atoms with Crippen molar-refractivity contribution < 1.29 is 18.7 Å². The summed E-state index contributed by atoms with van der Waals surface area (Å²) < 4.78 is 16.5. The van der Waals surface area contributed by atoms with Crippen LogP contribution in [0.15, 0.2) is 46.5 Å². The lowest BCUT2D eigenvalue weighted by molar-refractivity contribution is -0.122. The van der Waals surface area contributed by atoms with E-state index in [-0.39, 0.29) is 12.5 Å². The van der Waals surface area contributed by atoms with Crippen LogP contribution in [-0.2, 0) is 11.4 Å². The van der Waals surface area contributed by atoms with Crippen molar-refractivity contribution in [3.8, 4) is 11.5 Å². The smallest absolute Gasteiger partial charge is 0.276 e. The molecular formula is C20H22N2O4S. The fraction of sp³-hybridized carbons (Fsp3) is 0.300. The number of unbranched alkanes of at least 4 members (excludes halogenated alkanes) is 1. The maximum Gasteiger partial charge on any atom is 0.276 e. The van der Waals surface area contributed by atoms with Crippen molar-refractivity contribution in [3.63, 3.8) is 0 Å². The number of carbonyl (C=O) groups is 1. The average molecular weight is 386 g/mol. The molecule has 2 heterocycles. The highest BCUT2D eigenvalue weighted by Crippen LogP contribution is 2.20. The van der Waals surface area contributed by atoms with Gasteiger partial charge in [-0.3, -0.25) is 9.69 Å². The van der Waals surface area contributed by atoms with Gasteiger partial charge in [-0.2, -0.15) is 0 Å². The molecule has 1 N–H and O–H groups in total. The Bertz CT molecular complexity index is 842. The molecule has 0 unspecified atom stereocenters. The first-order chi connectivity index (χ1) is 13.1. The maximum atomic E-state index is 12.4. The lowest BCUT2D eigenvalue weighted by Crippen LogP contribution is -2.31. The van der Waals surface area contributed by atoms with E-state index in [4.69, 9.17) is 26.1 Å². The Morgan fingerprint density at radius 3 is 2.63 bits per heavy atom. The summed E-state index contributed by atoms with van der Waals surface area (Å²) in [6.45, 7) is 2.99. The highest BCUT2D eigenvalue weighted by atomic mass is 32.1. The third-order valence-corrected chi connectivity index (χ3v) is 4.43. The molecule has 0 atom stereocenters. The molecule has 0 aliphatic carbocycles. The van der Waals surface area contributed by atoms with Gasteiger partial charge in [-0.05, 0) is 55.0 Å². The SMILES string of the molecule is CCCCN1C(=O)/C(=C\c2ccc(COc3ccc(OC)cc3)o2)NC1=S. The number of amides is 1. The number of hydrogen-bond donors (Lipinski definition) is 1. The number of thiocarbonyl (C=S) groups is 1.